The zero-order valence-electron chi connectivity index (χ0n) is 37.6. The van der Waals surface area contributed by atoms with E-state index in [1.807, 2.05) is 38.1 Å². The molecule has 8 aliphatic heterocycles. The van der Waals surface area contributed by atoms with Crippen LogP contribution in [0.5, 0.6) is 11.5 Å². The van der Waals surface area contributed by atoms with Gasteiger partial charge in [0, 0.05) is 60.7 Å². The molecule has 63 heavy (non-hydrogen) atoms. The molecule has 16 atom stereocenters. The summed E-state index contributed by atoms with van der Waals surface area (Å²) in [6.45, 7) is 13.8. The first-order valence-electron chi connectivity index (χ1n) is 23.8. The van der Waals surface area contributed by atoms with Gasteiger partial charge in [-0.1, -0.05) is 39.8 Å². The Balaban J connectivity index is 0.672. The molecule has 2 amide bonds. The van der Waals surface area contributed by atoms with Crippen molar-refractivity contribution < 1.29 is 57.6 Å². The molecule has 8 unspecified atom stereocenters. The highest BCUT2D eigenvalue weighted by Gasteiger charge is 2.71. The quantitative estimate of drug-likeness (QED) is 0.156. The molecule has 8 heterocycles. The first kappa shape index (κ1) is 43.5. The average molecular weight is 875 g/mol. The first-order chi connectivity index (χ1) is 30.3. The number of carbonyl (C=O) groups excluding carboxylic acids is 2. The van der Waals surface area contributed by atoms with Gasteiger partial charge in [-0.05, 0) is 132 Å². The van der Waals surface area contributed by atoms with Crippen molar-refractivity contribution in [1.82, 2.24) is 10.6 Å². The van der Waals surface area contributed by atoms with Crippen molar-refractivity contribution in [2.45, 2.75) is 160 Å². The van der Waals surface area contributed by atoms with Crippen LogP contribution < -0.4 is 20.1 Å². The minimum absolute atomic E-state index is 0.0124. The summed E-state index contributed by atoms with van der Waals surface area (Å²) >= 11 is 0. The number of hydrogen-bond acceptors (Lipinski definition) is 12. The van der Waals surface area contributed by atoms with Crippen LogP contribution in [-0.2, 0) is 38.5 Å². The van der Waals surface area contributed by atoms with Gasteiger partial charge in [0.2, 0.25) is 24.2 Å². The Hall–Kier alpha value is -3.34. The molecule has 0 aromatic heterocycles. The number of nitrogens with one attached hydrogen (secondary N) is 2. The summed E-state index contributed by atoms with van der Waals surface area (Å²) < 4.78 is 39.1. The van der Waals surface area contributed by atoms with Crippen LogP contribution in [0, 0.1) is 47.3 Å². The van der Waals surface area contributed by atoms with Crippen LogP contribution in [0.15, 0.2) is 48.5 Å². The monoisotopic (exact) mass is 874 g/mol. The summed E-state index contributed by atoms with van der Waals surface area (Å²) in [5.74, 6) is 0.882. The fourth-order valence-electron chi connectivity index (χ4n) is 12.7. The topological polar surface area (TPSA) is 150 Å². The van der Waals surface area contributed by atoms with E-state index in [2.05, 4.69) is 38.3 Å². The van der Waals surface area contributed by atoms with E-state index in [0.717, 1.165) is 70.6 Å². The Morgan fingerprint density at radius 3 is 1.48 bits per heavy atom. The number of benzene rings is 2. The van der Waals surface area contributed by atoms with Gasteiger partial charge in [-0.3, -0.25) is 9.59 Å². The maximum absolute atomic E-state index is 13.2. The molecule has 2 saturated carbocycles. The Labute approximate surface area is 370 Å². The van der Waals surface area contributed by atoms with Crippen LogP contribution in [-0.4, -0.2) is 72.8 Å². The van der Waals surface area contributed by atoms with Gasteiger partial charge in [-0.25, -0.2) is 19.6 Å². The molecule has 8 saturated heterocycles. The highest BCUT2D eigenvalue weighted by atomic mass is 17.3. The molecule has 2 spiro atoms. The fourth-order valence-corrected chi connectivity index (χ4v) is 12.7. The minimum Gasteiger partial charge on any atom is -0.465 e. The number of rotatable bonds is 12. The number of unbranched alkanes of at least 4 members (excludes halogenated alkanes) is 2. The Morgan fingerprint density at radius 1 is 0.587 bits per heavy atom. The normalized spacial score (nSPS) is 43.4. The van der Waals surface area contributed by atoms with E-state index in [-0.39, 0.29) is 47.3 Å². The molecule has 2 aromatic carbocycles. The zero-order valence-corrected chi connectivity index (χ0v) is 37.6. The summed E-state index contributed by atoms with van der Waals surface area (Å²) in [5, 5.41) is 6.08. The third-order valence-corrected chi connectivity index (χ3v) is 16.3. The third kappa shape index (κ3) is 7.67. The molecule has 4 bridgehead atoms. The van der Waals surface area contributed by atoms with E-state index in [4.69, 9.17) is 48.0 Å². The number of ether oxygens (including phenoxy) is 6. The van der Waals surface area contributed by atoms with Crippen molar-refractivity contribution in [3.8, 4) is 11.5 Å². The van der Waals surface area contributed by atoms with E-state index < -0.39 is 47.9 Å². The summed E-state index contributed by atoms with van der Waals surface area (Å²) in [6.07, 6.45) is 7.63. The van der Waals surface area contributed by atoms with Gasteiger partial charge in [0.1, 0.15) is 11.5 Å². The molecule has 0 radical (unpaired) electrons. The van der Waals surface area contributed by atoms with E-state index in [0.29, 0.717) is 47.6 Å². The summed E-state index contributed by atoms with van der Waals surface area (Å²) in [5.41, 5.74) is -0.294. The highest BCUT2D eigenvalue weighted by Crippen LogP contribution is 2.62. The van der Waals surface area contributed by atoms with E-state index >= 15 is 0 Å². The molecule has 10 fully saturated rings. The van der Waals surface area contributed by atoms with Crippen LogP contribution in [0.1, 0.15) is 133 Å². The predicted octanol–water partition coefficient (Wildman–Crippen LogP) is 8.19. The lowest BCUT2D eigenvalue weighted by Crippen LogP contribution is -2.70. The van der Waals surface area contributed by atoms with Crippen molar-refractivity contribution >= 4 is 11.8 Å². The van der Waals surface area contributed by atoms with Crippen LogP contribution in [0.4, 0.5) is 0 Å². The largest absolute Gasteiger partial charge is 0.465 e. The number of fused-ring (bicyclic) bond motifs is 4. The zero-order chi connectivity index (χ0) is 43.7. The molecule has 14 nitrogen and oxygen atoms in total. The molecular weight excluding hydrogens is 809 g/mol. The molecule has 2 aromatic rings. The average Bonchev–Trinajstić information content (AvgIpc) is 3.65. The molecule has 2 N–H and O–H groups in total. The lowest BCUT2D eigenvalue weighted by atomic mass is 9.58. The molecule has 344 valence electrons. The molecule has 2 aliphatic carbocycles. The van der Waals surface area contributed by atoms with E-state index in [9.17, 15) is 9.59 Å². The van der Waals surface area contributed by atoms with Gasteiger partial charge in [-0.2, -0.15) is 0 Å². The van der Waals surface area contributed by atoms with Gasteiger partial charge in [-0.15, -0.1) is 0 Å². The van der Waals surface area contributed by atoms with Crippen molar-refractivity contribution in [1.29, 1.82) is 0 Å². The Bertz CT molecular complexity index is 1880. The summed E-state index contributed by atoms with van der Waals surface area (Å²) in [4.78, 5) is 50.9. The molecule has 14 heteroatoms. The SMILES string of the molecule is C[C@@H]1CCC2[C@@H](C)[C@@H](Oc3cccc(C(=O)NCCCCCNC(=O)c4cccc(O[C@H]5OC6OC7(C)CCC8[C@H](C)CCC([C@H]5C)[C@@]68OO7)c4)c3)OC3OC4(C)CCC1[C@]32OO4. The second kappa shape index (κ2) is 16.8. The Morgan fingerprint density at radius 2 is 1.03 bits per heavy atom. The third-order valence-electron chi connectivity index (χ3n) is 16.3. The lowest BCUT2D eigenvalue weighted by Gasteiger charge is -2.60. The summed E-state index contributed by atoms with van der Waals surface area (Å²) in [6, 6.07) is 14.5. The number of amides is 2. The number of carbonyl (C=O) groups is 2. The fraction of sp³-hybridized carbons (Fsp3) is 0.714. The number of hydrogen-bond donors (Lipinski definition) is 2. The maximum atomic E-state index is 13.2. The van der Waals surface area contributed by atoms with Crippen LogP contribution in [0.3, 0.4) is 0 Å². The highest BCUT2D eigenvalue weighted by molar-refractivity contribution is 5.95. The Kier molecular flexibility index (Phi) is 11.6. The molecular formula is C49H66N2O12. The van der Waals surface area contributed by atoms with Crippen LogP contribution in [0.2, 0.25) is 0 Å². The van der Waals surface area contributed by atoms with Gasteiger partial charge < -0.3 is 39.1 Å². The van der Waals surface area contributed by atoms with Crippen molar-refractivity contribution in [3.63, 3.8) is 0 Å². The van der Waals surface area contributed by atoms with Gasteiger partial charge in [0.05, 0.1) is 0 Å². The van der Waals surface area contributed by atoms with Gasteiger partial charge in [0.15, 0.2) is 23.8 Å². The van der Waals surface area contributed by atoms with Crippen LogP contribution >= 0.6 is 0 Å². The van der Waals surface area contributed by atoms with Crippen molar-refractivity contribution in [3.05, 3.63) is 59.7 Å². The van der Waals surface area contributed by atoms with Crippen molar-refractivity contribution in [2.75, 3.05) is 13.1 Å². The van der Waals surface area contributed by atoms with E-state index in [1.54, 1.807) is 24.3 Å². The first-order valence-corrected chi connectivity index (χ1v) is 23.8. The molecule has 12 rings (SSSR count). The maximum Gasteiger partial charge on any atom is 0.251 e. The molecule has 10 aliphatic rings. The second-order valence-electron chi connectivity index (χ2n) is 20.4. The smallest absolute Gasteiger partial charge is 0.251 e. The lowest BCUT2D eigenvalue weighted by molar-refractivity contribution is -0.575. The predicted molar refractivity (Wildman–Crippen MR) is 226 cm³/mol. The second-order valence-corrected chi connectivity index (χ2v) is 20.4. The van der Waals surface area contributed by atoms with Crippen LogP contribution in [0.25, 0.3) is 0 Å². The van der Waals surface area contributed by atoms with Crippen molar-refractivity contribution in [2.24, 2.45) is 47.3 Å². The van der Waals surface area contributed by atoms with E-state index in [1.165, 1.54) is 0 Å². The van der Waals surface area contributed by atoms with Gasteiger partial charge in [0.25, 0.3) is 11.8 Å². The minimum atomic E-state index is -0.859. The van der Waals surface area contributed by atoms with Gasteiger partial charge >= 0.3 is 0 Å². The standard InChI is InChI=1S/C49H66N2O12/c1-28-16-18-38-30(3)42(56-44-48(38)36(28)20-22-46(5,58-44)60-62-48)54-34-14-10-12-32(26-34)40(52)50-24-8-7-9-25-51-41(53)33-13-11-15-35(27-33)55-43-31(4)39-19-17-29(2)37-21-23-47(6)59-45(57-43)49(37,39)63-61-47/h10-15,26-31,36-39,42-45H,7-9,16-25H2,1-6H3,(H,50,52)(H,51,53)/t28-,29-,30-,31-,36?,37?,38?,39?,42+,43+,44?,45?,46?,47?,48-,49-/m1/s1. The summed E-state index contributed by atoms with van der Waals surface area (Å²) in [7, 11) is 0.